The van der Waals surface area contributed by atoms with Gasteiger partial charge in [-0.25, -0.2) is 13.1 Å². The lowest BCUT2D eigenvalue weighted by atomic mass is 10.4. The summed E-state index contributed by atoms with van der Waals surface area (Å²) in [6.45, 7) is 0. The molecule has 0 atom stereocenters. The lowest BCUT2D eigenvalue weighted by Crippen LogP contribution is -2.37. The van der Waals surface area contributed by atoms with Crippen molar-refractivity contribution in [2.24, 2.45) is 0 Å². The first kappa shape index (κ1) is 12.0. The fourth-order valence-electron chi connectivity index (χ4n) is 1.19. The second-order valence-corrected chi connectivity index (χ2v) is 8.51. The molecule has 0 unspecified atom stereocenters. The number of sulfonamides is 1. The number of alkyl halides is 1. The van der Waals surface area contributed by atoms with Crippen LogP contribution >= 0.6 is 43.2 Å². The molecule has 1 aromatic rings. The second-order valence-electron chi connectivity index (χ2n) is 3.58. The fraction of sp³-hybridized carbons (Fsp3) is 0.500. The predicted octanol–water partition coefficient (Wildman–Crippen LogP) is 2.72. The number of hydrogen-bond donors (Lipinski definition) is 1. The van der Waals surface area contributed by atoms with E-state index in [0.29, 0.717) is 9.54 Å². The first-order chi connectivity index (χ1) is 6.97. The van der Waals surface area contributed by atoms with Crippen molar-refractivity contribution in [3.05, 3.63) is 15.9 Å². The molecule has 1 fully saturated rings. The van der Waals surface area contributed by atoms with Crippen LogP contribution in [0.4, 0.5) is 0 Å². The minimum Gasteiger partial charge on any atom is -0.206 e. The van der Waals surface area contributed by atoms with Crippen LogP contribution in [0.2, 0.25) is 0 Å². The highest BCUT2D eigenvalue weighted by molar-refractivity contribution is 9.11. The molecule has 84 valence electrons. The van der Waals surface area contributed by atoms with Crippen molar-refractivity contribution < 1.29 is 8.42 Å². The Hall–Kier alpha value is 0.570. The third kappa shape index (κ3) is 2.63. The number of halogens is 2. The highest BCUT2D eigenvalue weighted by Crippen LogP contribution is 2.39. The molecule has 3 nitrogen and oxygen atoms in total. The molecule has 1 aromatic heterocycles. The van der Waals surface area contributed by atoms with Gasteiger partial charge < -0.3 is 0 Å². The molecule has 0 radical (unpaired) electrons. The molecular weight excluding hydrogens is 366 g/mol. The quantitative estimate of drug-likeness (QED) is 0.823. The van der Waals surface area contributed by atoms with Crippen molar-refractivity contribution in [1.82, 2.24) is 4.72 Å². The first-order valence-corrected chi connectivity index (χ1v) is 8.54. The smallest absolute Gasteiger partial charge is 0.206 e. The van der Waals surface area contributed by atoms with Crippen LogP contribution in [0.5, 0.6) is 0 Å². The summed E-state index contributed by atoms with van der Waals surface area (Å²) < 4.78 is 27.8. The zero-order valence-corrected chi connectivity index (χ0v) is 12.5. The second kappa shape index (κ2) is 4.10. The van der Waals surface area contributed by atoms with Crippen molar-refractivity contribution in [2.45, 2.75) is 22.6 Å². The van der Waals surface area contributed by atoms with Gasteiger partial charge in [0.25, 0.3) is 10.0 Å². The van der Waals surface area contributed by atoms with Gasteiger partial charge in [-0.15, -0.1) is 11.3 Å². The third-order valence-corrected chi connectivity index (χ3v) is 7.04. The maximum Gasteiger partial charge on any atom is 0.250 e. The van der Waals surface area contributed by atoms with Gasteiger partial charge in [-0.05, 0) is 40.9 Å². The number of rotatable bonds is 4. The Morgan fingerprint density at radius 3 is 2.53 bits per heavy atom. The molecule has 2 rings (SSSR count). The highest BCUT2D eigenvalue weighted by atomic mass is 79.9. The van der Waals surface area contributed by atoms with Gasteiger partial charge in [0.1, 0.15) is 4.21 Å². The zero-order valence-electron chi connectivity index (χ0n) is 7.66. The summed E-state index contributed by atoms with van der Waals surface area (Å²) in [6.07, 6.45) is 1.81. The maximum atomic E-state index is 11.9. The summed E-state index contributed by atoms with van der Waals surface area (Å²) >= 11 is 7.81. The van der Waals surface area contributed by atoms with Crippen LogP contribution in [-0.2, 0) is 10.0 Å². The number of nitrogens with one attached hydrogen (secondary N) is 1. The van der Waals surface area contributed by atoms with E-state index in [1.807, 2.05) is 0 Å². The van der Waals surface area contributed by atoms with Crippen LogP contribution < -0.4 is 4.72 Å². The van der Waals surface area contributed by atoms with Crippen molar-refractivity contribution in [1.29, 1.82) is 0 Å². The molecule has 1 aliphatic carbocycles. The monoisotopic (exact) mass is 373 g/mol. The molecule has 1 saturated carbocycles. The summed E-state index contributed by atoms with van der Waals surface area (Å²) in [4.78, 5) is 0. The van der Waals surface area contributed by atoms with E-state index in [1.165, 1.54) is 11.3 Å². The summed E-state index contributed by atoms with van der Waals surface area (Å²) in [5.74, 6) is 0. The van der Waals surface area contributed by atoms with Gasteiger partial charge in [-0.2, -0.15) is 0 Å². The Balaban J connectivity index is 2.21. The topological polar surface area (TPSA) is 46.2 Å². The Kier molecular flexibility index (Phi) is 3.29. The van der Waals surface area contributed by atoms with Crippen LogP contribution in [0.1, 0.15) is 12.8 Å². The molecule has 0 aliphatic heterocycles. The summed E-state index contributed by atoms with van der Waals surface area (Å²) in [5, 5.41) is 0.672. The van der Waals surface area contributed by atoms with Crippen molar-refractivity contribution in [2.75, 3.05) is 5.33 Å². The molecule has 0 aromatic carbocycles. The Labute approximate surface area is 110 Å². The lowest BCUT2D eigenvalue weighted by Gasteiger charge is -2.12. The zero-order chi connectivity index (χ0) is 11.1. The fourth-order valence-corrected chi connectivity index (χ4v) is 5.55. The molecule has 0 bridgehead atoms. The molecule has 7 heteroatoms. The minimum atomic E-state index is -3.34. The molecule has 15 heavy (non-hydrogen) atoms. The Morgan fingerprint density at radius 1 is 1.47 bits per heavy atom. The van der Waals surface area contributed by atoms with E-state index in [-0.39, 0.29) is 5.54 Å². The van der Waals surface area contributed by atoms with Gasteiger partial charge >= 0.3 is 0 Å². The highest BCUT2D eigenvalue weighted by Gasteiger charge is 2.45. The summed E-state index contributed by atoms with van der Waals surface area (Å²) in [7, 11) is -3.34. The van der Waals surface area contributed by atoms with E-state index < -0.39 is 10.0 Å². The van der Waals surface area contributed by atoms with E-state index in [4.69, 9.17) is 0 Å². The standard InChI is InChI=1S/C8H9Br2NO2S2/c9-5-8(3-4-8)11-15(12,13)7-2-1-6(10)14-7/h1-2,11H,3-5H2. The van der Waals surface area contributed by atoms with Crippen LogP contribution in [-0.4, -0.2) is 19.3 Å². The number of thiophene rings is 1. The minimum absolute atomic E-state index is 0.241. The molecule has 1 N–H and O–H groups in total. The lowest BCUT2D eigenvalue weighted by molar-refractivity contribution is 0.563. The van der Waals surface area contributed by atoms with Crippen molar-refractivity contribution in [3.8, 4) is 0 Å². The summed E-state index contributed by atoms with van der Waals surface area (Å²) in [5.41, 5.74) is -0.241. The van der Waals surface area contributed by atoms with E-state index in [0.717, 1.165) is 16.6 Å². The largest absolute Gasteiger partial charge is 0.250 e. The first-order valence-electron chi connectivity index (χ1n) is 4.33. The average Bonchev–Trinajstić information content (AvgIpc) is 2.78. The molecule has 0 spiro atoms. The predicted molar refractivity (Wildman–Crippen MR) is 68.1 cm³/mol. The molecule has 1 heterocycles. The van der Waals surface area contributed by atoms with Crippen LogP contribution in [0, 0.1) is 0 Å². The van der Waals surface area contributed by atoms with Crippen molar-refractivity contribution in [3.63, 3.8) is 0 Å². The van der Waals surface area contributed by atoms with Gasteiger partial charge in [-0.3, -0.25) is 0 Å². The van der Waals surface area contributed by atoms with Crippen LogP contribution in [0.25, 0.3) is 0 Å². The van der Waals surface area contributed by atoms with Gasteiger partial charge in [-0.1, -0.05) is 15.9 Å². The number of hydrogen-bond acceptors (Lipinski definition) is 3. The molecule has 0 saturated heterocycles. The van der Waals surface area contributed by atoms with Gasteiger partial charge in [0.05, 0.1) is 3.79 Å². The van der Waals surface area contributed by atoms with Crippen LogP contribution in [0.15, 0.2) is 20.1 Å². The van der Waals surface area contributed by atoms with Gasteiger partial charge in [0.2, 0.25) is 0 Å². The van der Waals surface area contributed by atoms with Gasteiger partial charge in [0, 0.05) is 10.9 Å². The molecule has 0 amide bonds. The Morgan fingerprint density at radius 2 is 2.13 bits per heavy atom. The van der Waals surface area contributed by atoms with E-state index in [1.54, 1.807) is 12.1 Å². The molecule has 1 aliphatic rings. The molecular formula is C8H9Br2NO2S2. The normalized spacial score (nSPS) is 19.1. The van der Waals surface area contributed by atoms with Crippen LogP contribution in [0.3, 0.4) is 0 Å². The van der Waals surface area contributed by atoms with E-state index >= 15 is 0 Å². The third-order valence-electron chi connectivity index (χ3n) is 2.27. The van der Waals surface area contributed by atoms with E-state index in [9.17, 15) is 8.42 Å². The SMILES string of the molecule is O=S(=O)(NC1(CBr)CC1)c1ccc(Br)s1. The van der Waals surface area contributed by atoms with Crippen molar-refractivity contribution >= 4 is 53.2 Å². The van der Waals surface area contributed by atoms with E-state index in [2.05, 4.69) is 36.6 Å². The Bertz CT molecular complexity index is 465. The van der Waals surface area contributed by atoms with Gasteiger partial charge in [0.15, 0.2) is 0 Å². The maximum absolute atomic E-state index is 11.9. The average molecular weight is 375 g/mol. The summed E-state index contributed by atoms with van der Waals surface area (Å²) in [6, 6.07) is 3.36.